The summed E-state index contributed by atoms with van der Waals surface area (Å²) in [4.78, 5) is 21.7. The molecule has 1 atom stereocenters. The van der Waals surface area contributed by atoms with Gasteiger partial charge in [0, 0.05) is 19.4 Å². The summed E-state index contributed by atoms with van der Waals surface area (Å²) in [5.74, 6) is -0.516. The molecule has 2 aromatic rings. The first-order valence-electron chi connectivity index (χ1n) is 6.41. The maximum absolute atomic E-state index is 12.9. The lowest BCUT2D eigenvalue weighted by molar-refractivity contribution is 0.0741. The molecule has 1 aromatic carbocycles. The van der Waals surface area contributed by atoms with Crippen LogP contribution >= 0.6 is 0 Å². The van der Waals surface area contributed by atoms with Crippen molar-refractivity contribution in [2.45, 2.75) is 13.0 Å². The Balaban J connectivity index is 2.15. The molecule has 0 radical (unpaired) electrons. The molecule has 0 spiro atoms. The lowest BCUT2D eigenvalue weighted by atomic mass is 10.1. The molecule has 0 fully saturated rings. The van der Waals surface area contributed by atoms with Crippen LogP contribution in [-0.2, 0) is 0 Å². The highest BCUT2D eigenvalue weighted by molar-refractivity contribution is 5.93. The molecule has 0 unspecified atom stereocenters. The number of hydrogen-bond acceptors (Lipinski definition) is 4. The van der Waals surface area contributed by atoms with Crippen molar-refractivity contribution in [3.05, 3.63) is 53.6 Å². The van der Waals surface area contributed by atoms with Gasteiger partial charge in [0.05, 0.1) is 18.7 Å². The minimum absolute atomic E-state index is 0.194. The molecule has 21 heavy (non-hydrogen) atoms. The van der Waals surface area contributed by atoms with Crippen molar-refractivity contribution in [2.75, 3.05) is 14.2 Å². The normalized spacial score (nSPS) is 11.8. The molecule has 0 N–H and O–H groups in total. The second kappa shape index (κ2) is 6.30. The summed E-state index contributed by atoms with van der Waals surface area (Å²) in [5.41, 5.74) is 1.22. The van der Waals surface area contributed by atoms with Crippen molar-refractivity contribution in [1.82, 2.24) is 14.9 Å². The highest BCUT2D eigenvalue weighted by Crippen LogP contribution is 2.20. The molecule has 5 nitrogen and oxygen atoms in total. The molecule has 1 heterocycles. The van der Waals surface area contributed by atoms with Gasteiger partial charge >= 0.3 is 6.01 Å². The van der Waals surface area contributed by atoms with Crippen LogP contribution < -0.4 is 4.74 Å². The predicted octanol–water partition coefficient (Wildman–Crippen LogP) is 2.46. The van der Waals surface area contributed by atoms with Crippen molar-refractivity contribution in [1.29, 1.82) is 0 Å². The number of ether oxygens (including phenoxy) is 1. The fourth-order valence-corrected chi connectivity index (χ4v) is 1.88. The number of aromatic nitrogens is 2. The van der Waals surface area contributed by atoms with Gasteiger partial charge in [-0.15, -0.1) is 0 Å². The second-order valence-corrected chi connectivity index (χ2v) is 4.60. The summed E-state index contributed by atoms with van der Waals surface area (Å²) >= 11 is 0. The van der Waals surface area contributed by atoms with Gasteiger partial charge in [-0.05, 0) is 24.6 Å². The third-order valence-corrected chi connectivity index (χ3v) is 3.31. The Hall–Kier alpha value is -2.50. The number of methoxy groups -OCH3 is 1. The van der Waals surface area contributed by atoms with Gasteiger partial charge < -0.3 is 9.64 Å². The van der Waals surface area contributed by atoms with Crippen LogP contribution in [0.2, 0.25) is 0 Å². The smallest absolute Gasteiger partial charge is 0.316 e. The Bertz CT molecular complexity index is 614. The predicted molar refractivity (Wildman–Crippen MR) is 75.5 cm³/mol. The Kier molecular flexibility index (Phi) is 4.47. The van der Waals surface area contributed by atoms with Crippen LogP contribution in [0.1, 0.15) is 28.9 Å². The van der Waals surface area contributed by atoms with Crippen LogP contribution in [0.3, 0.4) is 0 Å². The van der Waals surface area contributed by atoms with Crippen molar-refractivity contribution in [2.24, 2.45) is 0 Å². The maximum atomic E-state index is 12.9. The summed E-state index contributed by atoms with van der Waals surface area (Å²) in [6.07, 6.45) is 2.84. The first-order chi connectivity index (χ1) is 10.0. The van der Waals surface area contributed by atoms with Gasteiger partial charge in [-0.25, -0.2) is 14.4 Å². The van der Waals surface area contributed by atoms with E-state index in [1.165, 1.54) is 31.6 Å². The summed E-state index contributed by atoms with van der Waals surface area (Å²) in [6, 6.07) is 6.09. The lowest BCUT2D eigenvalue weighted by Crippen LogP contribution is -2.29. The zero-order chi connectivity index (χ0) is 15.4. The van der Waals surface area contributed by atoms with E-state index in [1.807, 2.05) is 6.92 Å². The van der Waals surface area contributed by atoms with Gasteiger partial charge in [0.2, 0.25) is 0 Å². The van der Waals surface area contributed by atoms with E-state index >= 15 is 0 Å². The Morgan fingerprint density at radius 1 is 1.24 bits per heavy atom. The van der Waals surface area contributed by atoms with Crippen LogP contribution in [-0.4, -0.2) is 34.9 Å². The molecule has 0 aliphatic carbocycles. The molecule has 110 valence electrons. The van der Waals surface area contributed by atoms with Crippen molar-refractivity contribution < 1.29 is 13.9 Å². The maximum Gasteiger partial charge on any atom is 0.316 e. The molecule has 1 aromatic heterocycles. The van der Waals surface area contributed by atoms with Crippen molar-refractivity contribution in [3.8, 4) is 6.01 Å². The van der Waals surface area contributed by atoms with Crippen LogP contribution in [0.25, 0.3) is 0 Å². The van der Waals surface area contributed by atoms with Gasteiger partial charge in [-0.2, -0.15) is 0 Å². The van der Waals surface area contributed by atoms with Crippen molar-refractivity contribution >= 4 is 5.91 Å². The Morgan fingerprint density at radius 2 is 1.81 bits per heavy atom. The molecular weight excluding hydrogens is 273 g/mol. The molecule has 0 aliphatic rings. The van der Waals surface area contributed by atoms with E-state index in [4.69, 9.17) is 4.74 Å². The van der Waals surface area contributed by atoms with Crippen LogP contribution in [0.4, 0.5) is 4.39 Å². The van der Waals surface area contributed by atoms with Gasteiger partial charge in [0.15, 0.2) is 0 Å². The van der Waals surface area contributed by atoms with E-state index in [0.29, 0.717) is 5.56 Å². The average molecular weight is 289 g/mol. The molecule has 1 amide bonds. The summed E-state index contributed by atoms with van der Waals surface area (Å²) in [5, 5.41) is 0. The van der Waals surface area contributed by atoms with E-state index in [0.717, 1.165) is 5.56 Å². The molecule has 0 bridgehead atoms. The van der Waals surface area contributed by atoms with E-state index in [1.54, 1.807) is 24.1 Å². The molecule has 0 aliphatic heterocycles. The number of amides is 1. The van der Waals surface area contributed by atoms with Gasteiger partial charge in [0.1, 0.15) is 5.82 Å². The van der Waals surface area contributed by atoms with E-state index < -0.39 is 0 Å². The quantitative estimate of drug-likeness (QED) is 0.867. The highest BCUT2D eigenvalue weighted by Gasteiger charge is 2.19. The molecule has 0 saturated carbocycles. The van der Waals surface area contributed by atoms with Crippen LogP contribution in [0.15, 0.2) is 36.7 Å². The number of nitrogens with zero attached hydrogens (tertiary/aromatic N) is 3. The molecular formula is C15H16FN3O2. The van der Waals surface area contributed by atoms with E-state index in [-0.39, 0.29) is 23.8 Å². The number of halogens is 1. The Morgan fingerprint density at radius 3 is 2.33 bits per heavy atom. The SMILES string of the molecule is COc1ncc(C(=O)N(C)[C@H](C)c2ccc(F)cc2)cn1. The average Bonchev–Trinajstić information content (AvgIpc) is 2.53. The third kappa shape index (κ3) is 3.34. The first kappa shape index (κ1) is 14.9. The zero-order valence-corrected chi connectivity index (χ0v) is 12.1. The van der Waals surface area contributed by atoms with Crippen LogP contribution in [0, 0.1) is 5.82 Å². The number of hydrogen-bond donors (Lipinski definition) is 0. The summed E-state index contributed by atoms with van der Waals surface area (Å²) in [6.45, 7) is 1.87. The summed E-state index contributed by atoms with van der Waals surface area (Å²) in [7, 11) is 3.14. The monoisotopic (exact) mass is 289 g/mol. The largest absolute Gasteiger partial charge is 0.467 e. The molecule has 2 rings (SSSR count). The first-order valence-corrected chi connectivity index (χ1v) is 6.41. The third-order valence-electron chi connectivity index (χ3n) is 3.31. The molecule has 6 heteroatoms. The number of carbonyl (C=O) groups excluding carboxylic acids is 1. The summed E-state index contributed by atoms with van der Waals surface area (Å²) < 4.78 is 17.8. The van der Waals surface area contributed by atoms with Crippen molar-refractivity contribution in [3.63, 3.8) is 0 Å². The highest BCUT2D eigenvalue weighted by atomic mass is 19.1. The fourth-order valence-electron chi connectivity index (χ4n) is 1.88. The fraction of sp³-hybridized carbons (Fsp3) is 0.267. The number of carbonyl (C=O) groups is 1. The van der Waals surface area contributed by atoms with Gasteiger partial charge in [-0.3, -0.25) is 4.79 Å². The van der Waals surface area contributed by atoms with Crippen LogP contribution in [0.5, 0.6) is 6.01 Å². The van der Waals surface area contributed by atoms with Gasteiger partial charge in [-0.1, -0.05) is 12.1 Å². The zero-order valence-electron chi connectivity index (χ0n) is 12.1. The van der Waals surface area contributed by atoms with Gasteiger partial charge in [0.25, 0.3) is 5.91 Å². The second-order valence-electron chi connectivity index (χ2n) is 4.60. The minimum Gasteiger partial charge on any atom is -0.467 e. The molecule has 0 saturated heterocycles. The Labute approximate surface area is 122 Å². The topological polar surface area (TPSA) is 55.3 Å². The standard InChI is InChI=1S/C15H16FN3O2/c1-10(11-4-6-13(16)7-5-11)19(2)14(20)12-8-17-15(21-3)18-9-12/h4-10H,1-3H3/t10-/m1/s1. The lowest BCUT2D eigenvalue weighted by Gasteiger charge is -2.25. The number of benzene rings is 1. The number of rotatable bonds is 4. The van der Waals surface area contributed by atoms with E-state index in [2.05, 4.69) is 9.97 Å². The van der Waals surface area contributed by atoms with E-state index in [9.17, 15) is 9.18 Å². The minimum atomic E-state index is -0.302.